The Hall–Kier alpha value is -6.59. The number of imidazole rings is 1. The van der Waals surface area contributed by atoms with Gasteiger partial charge in [-0.05, 0) is 89.6 Å². The third kappa shape index (κ3) is 3.74. The van der Waals surface area contributed by atoms with E-state index in [4.69, 9.17) is 10.7 Å². The second-order valence-electron chi connectivity index (χ2n) is 14.0. The monoisotopic (exact) mass is 678 g/mol. The van der Waals surface area contributed by atoms with E-state index in [1.54, 1.807) is 46.8 Å². The van der Waals surface area contributed by atoms with Gasteiger partial charge in [-0.25, -0.2) is 4.98 Å². The molecule has 2 bridgehead atoms. The smallest absolute Gasteiger partial charge is 0.264 e. The molecule has 1 aromatic heterocycles. The zero-order valence-electron chi connectivity index (χ0n) is 28.5. The summed E-state index contributed by atoms with van der Waals surface area (Å²) in [5.41, 5.74) is 16.5. The molecule has 2 N–H and O–H groups in total. The lowest BCUT2D eigenvalue weighted by atomic mass is 9.77. The van der Waals surface area contributed by atoms with Crippen LogP contribution in [0.25, 0.3) is 22.4 Å². The number of benzene rings is 3. The summed E-state index contributed by atoms with van der Waals surface area (Å²) in [6.45, 7) is 7.75. The molecule has 1 atom stereocenters. The molecule has 8 heteroatoms. The highest BCUT2D eigenvalue weighted by Crippen LogP contribution is 2.51. The Balaban J connectivity index is 1.28. The molecule has 1 unspecified atom stereocenters. The average Bonchev–Trinajstić information content (AvgIpc) is 3.22. The highest BCUT2D eigenvalue weighted by molar-refractivity contribution is 6.27. The van der Waals surface area contributed by atoms with E-state index < -0.39 is 5.92 Å². The molecule has 0 saturated carbocycles. The van der Waals surface area contributed by atoms with Crippen molar-refractivity contribution in [3.05, 3.63) is 157 Å². The number of allylic oxidation sites excluding steroid dienone is 8. The number of carbonyl (C=O) groups excluding carboxylic acids is 4. The fourth-order valence-corrected chi connectivity index (χ4v) is 9.17. The van der Waals surface area contributed by atoms with E-state index in [1.165, 1.54) is 0 Å². The first kappa shape index (κ1) is 30.3. The van der Waals surface area contributed by atoms with Crippen molar-refractivity contribution in [1.82, 2.24) is 14.5 Å². The molecule has 3 aromatic carbocycles. The Morgan fingerprint density at radius 1 is 1.00 bits per heavy atom. The Morgan fingerprint density at radius 3 is 2.65 bits per heavy atom. The molecule has 4 aliphatic carbocycles. The minimum Gasteiger partial charge on any atom is -0.397 e. The molecule has 3 heterocycles. The van der Waals surface area contributed by atoms with E-state index >= 15 is 4.79 Å². The quantitative estimate of drug-likeness (QED) is 0.192. The molecular weight excluding hydrogens is 649 g/mol. The van der Waals surface area contributed by atoms with E-state index in [9.17, 15) is 14.4 Å². The summed E-state index contributed by atoms with van der Waals surface area (Å²) in [6, 6.07) is 7.31. The largest absolute Gasteiger partial charge is 0.397 e. The molecule has 6 aliphatic rings. The van der Waals surface area contributed by atoms with Gasteiger partial charge in [-0.2, -0.15) is 0 Å². The second-order valence-corrected chi connectivity index (χ2v) is 14.0. The van der Waals surface area contributed by atoms with Gasteiger partial charge in [0.15, 0.2) is 11.6 Å². The molecule has 2 aliphatic heterocycles. The van der Waals surface area contributed by atoms with E-state index in [-0.39, 0.29) is 36.3 Å². The number of hydrogen-bond acceptors (Lipinski definition) is 6. The minimum absolute atomic E-state index is 0.0828. The van der Waals surface area contributed by atoms with Crippen LogP contribution < -0.4 is 5.73 Å². The fourth-order valence-electron chi connectivity index (χ4n) is 9.17. The molecule has 250 valence electrons. The van der Waals surface area contributed by atoms with E-state index in [1.807, 2.05) is 43.4 Å². The van der Waals surface area contributed by atoms with Crippen molar-refractivity contribution in [3.8, 4) is 11.8 Å². The number of amides is 1. The number of Topliss-reactive ketones (excluding diaryl/α,β-unsaturated/α-hetero) is 1. The van der Waals surface area contributed by atoms with Crippen LogP contribution in [0, 0.1) is 18.8 Å². The predicted octanol–water partition coefficient (Wildman–Crippen LogP) is 6.64. The summed E-state index contributed by atoms with van der Waals surface area (Å²) in [4.78, 5) is 65.2. The van der Waals surface area contributed by atoms with E-state index in [0.717, 1.165) is 33.5 Å². The van der Waals surface area contributed by atoms with Gasteiger partial charge in [-0.1, -0.05) is 54.9 Å². The van der Waals surface area contributed by atoms with Crippen molar-refractivity contribution in [1.29, 1.82) is 0 Å². The molecule has 0 saturated heterocycles. The van der Waals surface area contributed by atoms with Crippen LogP contribution in [0.3, 0.4) is 0 Å². The molecular formula is C44H30N4O4. The molecule has 52 heavy (non-hydrogen) atoms. The van der Waals surface area contributed by atoms with Gasteiger partial charge in [-0.15, -0.1) is 0 Å². The summed E-state index contributed by atoms with van der Waals surface area (Å²) in [6.07, 6.45) is 13.5. The van der Waals surface area contributed by atoms with Crippen LogP contribution in [0.4, 0.5) is 0 Å². The summed E-state index contributed by atoms with van der Waals surface area (Å²) in [7, 11) is 0. The van der Waals surface area contributed by atoms with Gasteiger partial charge >= 0.3 is 0 Å². The van der Waals surface area contributed by atoms with E-state index in [2.05, 4.69) is 18.4 Å². The summed E-state index contributed by atoms with van der Waals surface area (Å²) in [5, 5.41) is 1.33. The third-order valence-electron chi connectivity index (χ3n) is 11.4. The number of fused-ring (bicyclic) bond motifs is 4. The van der Waals surface area contributed by atoms with Crippen molar-refractivity contribution in [2.24, 2.45) is 5.73 Å². The van der Waals surface area contributed by atoms with Crippen LogP contribution in [0.5, 0.6) is 0 Å². The molecule has 8 nitrogen and oxygen atoms in total. The maximum Gasteiger partial charge on any atom is 0.264 e. The maximum atomic E-state index is 15.2. The Morgan fingerprint density at radius 2 is 1.85 bits per heavy atom. The van der Waals surface area contributed by atoms with Crippen LogP contribution in [-0.4, -0.2) is 37.8 Å². The molecule has 0 radical (unpaired) electrons. The predicted molar refractivity (Wildman–Crippen MR) is 198 cm³/mol. The number of aryl methyl sites for hydroxylation is 1. The molecule has 4 aromatic rings. The van der Waals surface area contributed by atoms with Gasteiger partial charge in [0.2, 0.25) is 0 Å². The number of hydrogen-bond donors (Lipinski definition) is 1. The molecule has 1 amide bonds. The zero-order chi connectivity index (χ0) is 35.7. The van der Waals surface area contributed by atoms with Crippen LogP contribution in [-0.2, 0) is 19.4 Å². The van der Waals surface area contributed by atoms with Crippen molar-refractivity contribution >= 4 is 45.8 Å². The lowest BCUT2D eigenvalue weighted by Gasteiger charge is -2.32. The van der Waals surface area contributed by atoms with Gasteiger partial charge in [0.1, 0.15) is 5.82 Å². The summed E-state index contributed by atoms with van der Waals surface area (Å²) in [5.74, 6) is 5.40. The van der Waals surface area contributed by atoms with Crippen molar-refractivity contribution < 1.29 is 19.2 Å². The minimum atomic E-state index is -0.439. The number of nitrogens with zero attached hydrogens (tertiary/aromatic N) is 3. The van der Waals surface area contributed by atoms with Gasteiger partial charge in [0, 0.05) is 45.0 Å². The second kappa shape index (κ2) is 10.5. The van der Waals surface area contributed by atoms with Crippen LogP contribution >= 0.6 is 0 Å². The SMILES string of the molecule is C=C/C=C(\C(N)=C/C)N1Cc2ccc3c4c5c(cc(c24)C1=O)C(=O)c1c(C)cc2c4c1CC5=C(C=CC4c1nc4c(n1C2=O)C=CC#CC4)CC3=O. The lowest BCUT2D eigenvalue weighted by Crippen LogP contribution is -2.35. The Labute approximate surface area is 299 Å². The van der Waals surface area contributed by atoms with E-state index in [0.29, 0.717) is 85.5 Å². The molecule has 0 fully saturated rings. The zero-order valence-corrected chi connectivity index (χ0v) is 28.5. The number of aromatic nitrogens is 2. The highest BCUT2D eigenvalue weighted by Gasteiger charge is 2.43. The highest BCUT2D eigenvalue weighted by atomic mass is 16.2. The number of nitrogens with two attached hydrogens (primary N) is 1. The summed E-state index contributed by atoms with van der Waals surface area (Å²) >= 11 is 0. The Bertz CT molecular complexity index is 2770. The maximum absolute atomic E-state index is 15.2. The fraction of sp³-hybridized carbons (Fsp3) is 0.159. The first-order valence-electron chi connectivity index (χ1n) is 17.4. The van der Waals surface area contributed by atoms with Crippen molar-refractivity contribution in [2.75, 3.05) is 0 Å². The standard InChI is InChI=1S/C44H30N4O4/c1-4-9-33(31(45)5-2)47-20-23-13-14-24-35(49)17-22-12-15-25-38-27-18-26(22)39-28(19-30(43(47)51)37(23)40(24)39)41(50)36(27)21(3)16-29(38)44(52)48-34-11-8-6-7-10-32(34)46-42(25)48/h4-5,8-9,11-16,19,25H,1,10,17-18,20,45H2,2-3H3/b15-12?,31-5+,33-9+. The molecule has 10 rings (SSSR count). The average molecular weight is 679 g/mol. The number of carbonyl (C=O) groups is 4. The van der Waals surface area contributed by atoms with Gasteiger partial charge < -0.3 is 10.6 Å². The third-order valence-corrected chi connectivity index (χ3v) is 11.4. The van der Waals surface area contributed by atoms with Crippen molar-refractivity contribution in [3.63, 3.8) is 0 Å². The summed E-state index contributed by atoms with van der Waals surface area (Å²) < 4.78 is 1.68. The van der Waals surface area contributed by atoms with Crippen LogP contribution in [0.1, 0.15) is 111 Å². The van der Waals surface area contributed by atoms with Gasteiger partial charge in [-0.3, -0.25) is 23.7 Å². The molecule has 0 spiro atoms. The van der Waals surface area contributed by atoms with Crippen LogP contribution in [0.2, 0.25) is 0 Å². The first-order chi connectivity index (χ1) is 25.2. The van der Waals surface area contributed by atoms with Crippen molar-refractivity contribution in [2.45, 2.75) is 45.6 Å². The number of rotatable bonds is 3. The van der Waals surface area contributed by atoms with Gasteiger partial charge in [0.05, 0.1) is 41.7 Å². The normalized spacial score (nSPS) is 19.1. The first-order valence-corrected chi connectivity index (χ1v) is 17.4. The van der Waals surface area contributed by atoms with Crippen LogP contribution in [0.15, 0.2) is 84.3 Å². The Kier molecular flexibility index (Phi) is 6.09. The van der Waals surface area contributed by atoms with Gasteiger partial charge in [0.25, 0.3) is 11.8 Å². The topological polar surface area (TPSA) is 115 Å². The lowest BCUT2D eigenvalue weighted by molar-refractivity contribution is 0.0794. The number of ketones is 2.